The van der Waals surface area contributed by atoms with Crippen LogP contribution in [0.5, 0.6) is 17.2 Å². The number of benzene rings is 3. The minimum atomic E-state index is -0.0509. The van der Waals surface area contributed by atoms with Crippen molar-refractivity contribution in [3.63, 3.8) is 0 Å². The number of rotatable bonds is 9. The predicted octanol–water partition coefficient (Wildman–Crippen LogP) is 16.7. The molecule has 0 bridgehead atoms. The van der Waals surface area contributed by atoms with Crippen molar-refractivity contribution in [1.29, 1.82) is 0 Å². The van der Waals surface area contributed by atoms with Crippen molar-refractivity contribution in [3.8, 4) is 17.2 Å². The van der Waals surface area contributed by atoms with Gasteiger partial charge in [-0.2, -0.15) is 0 Å². The average Bonchev–Trinajstić information content (AvgIpc) is 1.69. The number of nitrogens with zero attached hydrogens (tertiary/aromatic N) is 4. The molecule has 10 nitrogen and oxygen atoms in total. The number of likely N-dealkylation sites (N-methyl/N-ethyl adjacent to an activating group) is 3. The molecular formula is C83H123AcBrN4O6. The number of allylic oxidation sites excluding steroid dienone is 5. The van der Waals surface area contributed by atoms with E-state index < -0.39 is 0 Å². The monoisotopic (exact) mass is 1580 g/mol. The van der Waals surface area contributed by atoms with Gasteiger partial charge in [0.15, 0.2) is 0 Å². The molecule has 10 fully saturated rings. The van der Waals surface area contributed by atoms with Gasteiger partial charge in [-0.3, -0.25) is 0 Å². The van der Waals surface area contributed by atoms with Crippen molar-refractivity contribution in [2.45, 2.75) is 236 Å². The normalized spacial score (nSPS) is 37.2. The van der Waals surface area contributed by atoms with Crippen LogP contribution in [0.1, 0.15) is 226 Å². The van der Waals surface area contributed by atoms with Gasteiger partial charge in [0.05, 0.1) is 25.4 Å². The second-order valence-electron chi connectivity index (χ2n) is 33.1. The second-order valence-corrected chi connectivity index (χ2v) is 33.7. The number of halogens is 1. The topological polar surface area (TPSA) is 123 Å². The van der Waals surface area contributed by atoms with Crippen molar-refractivity contribution < 1.29 is 74.3 Å². The molecule has 5 N–H and O–H groups in total. The number of aliphatic hydroxyl groups excluding tert-OH is 2. The summed E-state index contributed by atoms with van der Waals surface area (Å²) in [6, 6.07) is 19.7. The van der Waals surface area contributed by atoms with Crippen molar-refractivity contribution in [2.75, 3.05) is 86.0 Å². The van der Waals surface area contributed by atoms with Gasteiger partial charge in [-0.15, -0.1) is 0 Å². The zero-order valence-corrected chi connectivity index (χ0v) is 66.1. The van der Waals surface area contributed by atoms with Crippen LogP contribution in [0.4, 0.5) is 0 Å². The van der Waals surface area contributed by atoms with Crippen LogP contribution < -0.4 is 0 Å². The van der Waals surface area contributed by atoms with E-state index in [1.54, 1.807) is 22.3 Å². The van der Waals surface area contributed by atoms with E-state index in [2.05, 4.69) is 114 Å². The Hall–Kier alpha value is -2.08. The molecule has 9 aliphatic carbocycles. The first-order valence-electron chi connectivity index (χ1n) is 38.1. The molecule has 16 rings (SSSR count). The molecule has 95 heavy (non-hydrogen) atoms. The third-order valence-corrected chi connectivity index (χ3v) is 28.4. The molecule has 12 heteroatoms. The molecule has 3 aromatic rings. The summed E-state index contributed by atoms with van der Waals surface area (Å²) in [5.41, 5.74) is 15.3. The molecular weight excluding hydrogens is 1460 g/mol. The minimum absolute atomic E-state index is 0. The molecule has 0 amide bonds. The molecule has 16 unspecified atom stereocenters. The van der Waals surface area contributed by atoms with Crippen LogP contribution in [0.25, 0.3) is 0 Å². The van der Waals surface area contributed by atoms with Gasteiger partial charge >= 0.3 is 0 Å². The van der Waals surface area contributed by atoms with Crippen LogP contribution in [-0.4, -0.2) is 155 Å². The number of phenolic OH excluding ortho intramolecular Hbond substituents is 3. The van der Waals surface area contributed by atoms with E-state index in [-0.39, 0.29) is 50.2 Å². The SMILES string of the molecule is CC12CCC3c4ccc(O)cc4CCC3C1CC/C2=C\CBr.CN1CCC(O)C1.CN1CCC(OC/C=C2\CCC3C4CCc5cc(O)ccc5C4CCC23C)C1.CN1CCCC1CCC/C=C1\CCC2C3CCc4cc(O)ccc4C3CCC12C.CN1CCCC1CO.[Ac]. The van der Waals surface area contributed by atoms with Gasteiger partial charge in [-0.05, 0) is 354 Å². The Bertz CT molecular complexity index is 3130. The number of phenols is 3. The van der Waals surface area contributed by atoms with Crippen LogP contribution in [0, 0.1) is 95.8 Å². The average molecular weight is 1580 g/mol. The van der Waals surface area contributed by atoms with E-state index in [0.717, 1.165) is 117 Å². The molecule has 16 atom stereocenters. The molecule has 3 aromatic carbocycles. The van der Waals surface area contributed by atoms with E-state index in [1.807, 2.05) is 43.4 Å². The number of β-amino-alcohol motifs (C(OH)–C–C–N with tert-alkyl or cyclic N) is 1. The summed E-state index contributed by atoms with van der Waals surface area (Å²) >= 11 is 3.60. The molecule has 521 valence electrons. The number of likely N-dealkylation sites (tertiary alicyclic amines) is 4. The third kappa shape index (κ3) is 16.4. The quantitative estimate of drug-likeness (QED) is 0.0804. The molecule has 4 heterocycles. The summed E-state index contributed by atoms with van der Waals surface area (Å²) in [6.45, 7) is 15.4. The van der Waals surface area contributed by atoms with E-state index in [4.69, 9.17) is 14.9 Å². The maximum atomic E-state index is 9.89. The van der Waals surface area contributed by atoms with Crippen LogP contribution in [-0.2, 0) is 24.0 Å². The number of hydrogen-bond acceptors (Lipinski definition) is 10. The van der Waals surface area contributed by atoms with Gasteiger partial charge in [0.25, 0.3) is 0 Å². The molecule has 0 aromatic heterocycles. The number of aromatic hydroxyl groups is 3. The van der Waals surface area contributed by atoms with Crippen molar-refractivity contribution >= 4 is 15.9 Å². The molecule has 13 aliphatic rings. The Morgan fingerprint density at radius 2 is 0.937 bits per heavy atom. The Labute approximate surface area is 618 Å². The zero-order valence-electron chi connectivity index (χ0n) is 59.8. The van der Waals surface area contributed by atoms with Gasteiger partial charge in [-0.1, -0.05) is 89.8 Å². The maximum Gasteiger partial charge on any atom is 0.115 e. The van der Waals surface area contributed by atoms with Crippen molar-refractivity contribution in [2.24, 2.45) is 51.8 Å². The first-order chi connectivity index (χ1) is 45.4. The summed E-state index contributed by atoms with van der Waals surface area (Å²) < 4.78 is 6.18. The molecule has 6 saturated carbocycles. The van der Waals surface area contributed by atoms with Crippen molar-refractivity contribution in [3.05, 3.63) is 123 Å². The molecule has 4 aliphatic heterocycles. The van der Waals surface area contributed by atoms with E-state index in [0.29, 0.717) is 58.2 Å². The summed E-state index contributed by atoms with van der Waals surface area (Å²) in [7, 11) is 8.58. The van der Waals surface area contributed by atoms with Gasteiger partial charge in [0.1, 0.15) is 17.2 Å². The number of hydrogen-bond donors (Lipinski definition) is 5. The zero-order chi connectivity index (χ0) is 65.9. The number of alkyl halides is 1. The van der Waals surface area contributed by atoms with Crippen molar-refractivity contribution in [1.82, 2.24) is 19.6 Å². The summed E-state index contributed by atoms with van der Waals surface area (Å²) in [5, 5.41) is 48.1. The fraction of sp³-hybridized carbons (Fsp3) is 0.711. The summed E-state index contributed by atoms with van der Waals surface area (Å²) in [4.78, 5) is 9.28. The molecule has 1 radical (unpaired) electrons. The fourth-order valence-electron chi connectivity index (χ4n) is 22.8. The van der Waals surface area contributed by atoms with Crippen LogP contribution >= 0.6 is 15.9 Å². The Balaban J connectivity index is 0.000000131. The largest absolute Gasteiger partial charge is 0.508 e. The van der Waals surface area contributed by atoms with Gasteiger partial charge in [0.2, 0.25) is 0 Å². The first-order valence-corrected chi connectivity index (χ1v) is 39.3. The number of ether oxygens (including phenoxy) is 1. The maximum absolute atomic E-state index is 9.89. The molecule has 4 saturated heterocycles. The third-order valence-electron chi connectivity index (χ3n) is 28.1. The van der Waals surface area contributed by atoms with Gasteiger partial charge in [-0.25, -0.2) is 0 Å². The molecule has 0 spiro atoms. The van der Waals surface area contributed by atoms with Gasteiger partial charge in [0, 0.05) is 87.7 Å². The number of unbranched alkanes of at least 4 members (excludes halogenated alkanes) is 1. The Morgan fingerprint density at radius 3 is 1.31 bits per heavy atom. The Morgan fingerprint density at radius 1 is 0.505 bits per heavy atom. The van der Waals surface area contributed by atoms with E-state index >= 15 is 0 Å². The minimum Gasteiger partial charge on any atom is -0.508 e. The van der Waals surface area contributed by atoms with Gasteiger partial charge < -0.3 is 49.9 Å². The Kier molecular flexibility index (Phi) is 25.7. The van der Waals surface area contributed by atoms with Crippen LogP contribution in [0.3, 0.4) is 0 Å². The smallest absolute Gasteiger partial charge is 0.115 e. The predicted molar refractivity (Wildman–Crippen MR) is 388 cm³/mol. The number of aliphatic hydroxyl groups is 2. The second kappa shape index (κ2) is 32.9. The number of aryl methyl sites for hydroxylation is 3. The fourth-order valence-corrected chi connectivity index (χ4v) is 23.2. The van der Waals surface area contributed by atoms with E-state index in [1.165, 1.54) is 189 Å². The first kappa shape index (κ1) is 74.1. The van der Waals surface area contributed by atoms with Crippen LogP contribution in [0.15, 0.2) is 89.5 Å². The van der Waals surface area contributed by atoms with Crippen LogP contribution in [0.2, 0.25) is 0 Å². The van der Waals surface area contributed by atoms with E-state index in [9.17, 15) is 15.3 Å². The standard InChI is InChI=1S/C27H39NO.C25H35NO2.C20H25BrO.C6H13NO.C5H11NO.Ac/c1-27-16-15-24-23-13-11-22(29)18-19(23)9-12-25(24)26(27)14-10-20(27)6-3-4-7-21-8-5-17-28(21)2;1-25-12-9-22-21-7-5-19(27)15-17(21)3-6-23(22)24(25)8-4-18(25)11-14-28-20-10-13-26(2)16-20;1-20-10-8-17-16-6-4-15(22)12-13(16)2-5-18(17)19(20)7-3-14(20)9-11-21;1-7-4-2-3-6(7)5-8;1-6-3-2-5(7)4-6;/h6,11,13,18,21,24-26,29H,3-5,7-10,12,14-17H2,1-2H3;5,7,11,15,20,22-24,27H,3-4,6,8-10,12-14,16H2,1-2H3;4,6,9,12,17-19,22H,2-3,5,7-8,10-11H2,1H3;6,8H,2-5H2,1H3;5,7H,2-4H2,1H3;/b20-6+;18-11+;14-9+;;;. The summed E-state index contributed by atoms with van der Waals surface area (Å²) in [6.07, 6.45) is 42.7. The summed E-state index contributed by atoms with van der Waals surface area (Å²) in [5.74, 6) is 8.52. The number of fused-ring (bicyclic) bond motifs is 15.